The van der Waals surface area contributed by atoms with Gasteiger partial charge in [-0.25, -0.2) is 0 Å². The summed E-state index contributed by atoms with van der Waals surface area (Å²) >= 11 is 1.86. The minimum absolute atomic E-state index is 1.02. The van der Waals surface area contributed by atoms with Crippen molar-refractivity contribution in [3.8, 4) is 5.75 Å². The summed E-state index contributed by atoms with van der Waals surface area (Å²) in [5.41, 5.74) is 1.42. The van der Waals surface area contributed by atoms with E-state index >= 15 is 0 Å². The zero-order valence-electron chi connectivity index (χ0n) is 5.76. The van der Waals surface area contributed by atoms with E-state index in [0.717, 1.165) is 11.5 Å². The van der Waals surface area contributed by atoms with Crippen LogP contribution in [0.2, 0.25) is 0 Å². The number of hydrogen-bond acceptors (Lipinski definition) is 2. The zero-order chi connectivity index (χ0) is 6.97. The molecular weight excluding hydrogens is 144 g/mol. The van der Waals surface area contributed by atoms with Crippen LogP contribution in [0.4, 0.5) is 0 Å². The van der Waals surface area contributed by atoms with E-state index in [1.165, 1.54) is 10.5 Å². The average molecular weight is 152 g/mol. The van der Waals surface area contributed by atoms with Crippen LogP contribution >= 0.6 is 11.8 Å². The smallest absolute Gasteiger partial charge is 0.132 e. The second kappa shape index (κ2) is 2.20. The van der Waals surface area contributed by atoms with Gasteiger partial charge in [0.05, 0.1) is 12.0 Å². The molecular formula is C8H8OS. The molecule has 2 rings (SSSR count). The number of methoxy groups -OCH3 is 1. The van der Waals surface area contributed by atoms with Crippen molar-refractivity contribution in [1.29, 1.82) is 0 Å². The van der Waals surface area contributed by atoms with E-state index < -0.39 is 0 Å². The van der Waals surface area contributed by atoms with Crippen LogP contribution in [0.1, 0.15) is 5.56 Å². The first-order valence-corrected chi connectivity index (χ1v) is 4.19. The molecule has 1 aliphatic rings. The van der Waals surface area contributed by atoms with Crippen molar-refractivity contribution >= 4 is 11.8 Å². The van der Waals surface area contributed by atoms with E-state index in [1.807, 2.05) is 23.9 Å². The van der Waals surface area contributed by atoms with Crippen molar-refractivity contribution in [2.45, 2.75) is 10.6 Å². The monoisotopic (exact) mass is 152 g/mol. The Balaban J connectivity index is 2.51. The maximum Gasteiger partial charge on any atom is 0.132 e. The first-order chi connectivity index (χ1) is 4.92. The predicted molar refractivity (Wildman–Crippen MR) is 42.6 cm³/mol. The van der Waals surface area contributed by atoms with Gasteiger partial charge >= 0.3 is 0 Å². The molecule has 0 unspecified atom stereocenters. The van der Waals surface area contributed by atoms with Crippen LogP contribution in [-0.4, -0.2) is 7.11 Å². The summed E-state index contributed by atoms with van der Waals surface area (Å²) < 4.78 is 5.16. The molecule has 2 heteroatoms. The summed E-state index contributed by atoms with van der Waals surface area (Å²) in [5, 5.41) is 0. The summed E-state index contributed by atoms with van der Waals surface area (Å²) in [6.07, 6.45) is 0. The van der Waals surface area contributed by atoms with Gasteiger partial charge in [0, 0.05) is 5.75 Å². The number of rotatable bonds is 1. The standard InChI is InChI=1S/C8H8OS/c1-9-7-4-2-3-6-5-10-8(6)7/h2-4H,5H2,1H3. The molecule has 1 aliphatic heterocycles. The maximum atomic E-state index is 5.16. The van der Waals surface area contributed by atoms with E-state index in [9.17, 15) is 0 Å². The molecule has 0 fully saturated rings. The molecule has 0 atom stereocenters. The molecule has 1 aromatic carbocycles. The molecule has 10 heavy (non-hydrogen) atoms. The summed E-state index contributed by atoms with van der Waals surface area (Å²) in [4.78, 5) is 1.32. The fraction of sp³-hybridized carbons (Fsp3) is 0.250. The Kier molecular flexibility index (Phi) is 1.34. The summed E-state index contributed by atoms with van der Waals surface area (Å²) in [7, 11) is 1.72. The van der Waals surface area contributed by atoms with Gasteiger partial charge in [0.15, 0.2) is 0 Å². The van der Waals surface area contributed by atoms with Gasteiger partial charge < -0.3 is 4.74 Å². The average Bonchev–Trinajstić information content (AvgIpc) is 1.91. The van der Waals surface area contributed by atoms with Gasteiger partial charge in [0.1, 0.15) is 5.75 Å². The van der Waals surface area contributed by atoms with E-state index in [-0.39, 0.29) is 0 Å². The van der Waals surface area contributed by atoms with Gasteiger partial charge in [-0.1, -0.05) is 12.1 Å². The molecule has 0 radical (unpaired) electrons. The molecule has 52 valence electrons. The lowest BCUT2D eigenvalue weighted by molar-refractivity contribution is 0.403. The molecule has 0 aromatic heterocycles. The van der Waals surface area contributed by atoms with Gasteiger partial charge in [0.2, 0.25) is 0 Å². The van der Waals surface area contributed by atoms with Crippen molar-refractivity contribution in [3.05, 3.63) is 23.8 Å². The summed E-state index contributed by atoms with van der Waals surface area (Å²) in [6.45, 7) is 0. The van der Waals surface area contributed by atoms with Crippen LogP contribution in [0, 0.1) is 0 Å². The predicted octanol–water partition coefficient (Wildman–Crippen LogP) is 2.30. The van der Waals surface area contributed by atoms with E-state index in [0.29, 0.717) is 0 Å². The van der Waals surface area contributed by atoms with Crippen LogP contribution in [0.3, 0.4) is 0 Å². The lowest BCUT2D eigenvalue weighted by Gasteiger charge is -2.19. The summed E-state index contributed by atoms with van der Waals surface area (Å²) in [5.74, 6) is 2.17. The minimum atomic E-state index is 1.02. The van der Waals surface area contributed by atoms with E-state index in [4.69, 9.17) is 4.74 Å². The molecule has 0 aliphatic carbocycles. The second-order valence-electron chi connectivity index (χ2n) is 2.24. The zero-order valence-corrected chi connectivity index (χ0v) is 6.57. The van der Waals surface area contributed by atoms with E-state index in [2.05, 4.69) is 6.07 Å². The number of ether oxygens (including phenoxy) is 1. The van der Waals surface area contributed by atoms with Crippen LogP contribution in [0.25, 0.3) is 0 Å². The van der Waals surface area contributed by atoms with Gasteiger partial charge in [0.25, 0.3) is 0 Å². The normalized spacial score (nSPS) is 13.7. The van der Waals surface area contributed by atoms with Crippen molar-refractivity contribution in [1.82, 2.24) is 0 Å². The van der Waals surface area contributed by atoms with E-state index in [1.54, 1.807) is 7.11 Å². The number of thioether (sulfide) groups is 1. The lowest BCUT2D eigenvalue weighted by atomic mass is 10.2. The Hall–Kier alpha value is -0.630. The van der Waals surface area contributed by atoms with Crippen molar-refractivity contribution in [2.24, 2.45) is 0 Å². The van der Waals surface area contributed by atoms with Gasteiger partial charge in [-0.3, -0.25) is 0 Å². The molecule has 0 N–H and O–H groups in total. The topological polar surface area (TPSA) is 9.23 Å². The van der Waals surface area contributed by atoms with Crippen LogP contribution < -0.4 is 4.74 Å². The number of benzene rings is 1. The highest BCUT2D eigenvalue weighted by atomic mass is 32.2. The van der Waals surface area contributed by atoms with Crippen LogP contribution in [0.15, 0.2) is 23.1 Å². The molecule has 0 saturated heterocycles. The fourth-order valence-corrected chi connectivity index (χ4v) is 1.98. The van der Waals surface area contributed by atoms with Crippen molar-refractivity contribution < 1.29 is 4.74 Å². The van der Waals surface area contributed by atoms with Crippen LogP contribution in [0.5, 0.6) is 5.75 Å². The highest BCUT2D eigenvalue weighted by Crippen LogP contribution is 2.43. The fourth-order valence-electron chi connectivity index (χ4n) is 1.07. The molecule has 1 heterocycles. The van der Waals surface area contributed by atoms with Gasteiger partial charge in [-0.15, -0.1) is 11.8 Å². The van der Waals surface area contributed by atoms with Crippen molar-refractivity contribution in [2.75, 3.05) is 7.11 Å². The first kappa shape index (κ1) is 6.10. The molecule has 1 aromatic rings. The second-order valence-corrected chi connectivity index (χ2v) is 3.22. The Morgan fingerprint density at radius 2 is 2.40 bits per heavy atom. The number of hydrogen-bond donors (Lipinski definition) is 0. The Morgan fingerprint density at radius 1 is 1.50 bits per heavy atom. The van der Waals surface area contributed by atoms with Crippen molar-refractivity contribution in [3.63, 3.8) is 0 Å². The molecule has 1 nitrogen and oxygen atoms in total. The Morgan fingerprint density at radius 3 is 2.90 bits per heavy atom. The molecule has 0 bridgehead atoms. The Labute approximate surface area is 64.4 Å². The molecule has 0 saturated carbocycles. The molecule has 0 spiro atoms. The quantitative estimate of drug-likeness (QED) is 0.610. The number of fused-ring (bicyclic) bond motifs is 1. The third-order valence-electron chi connectivity index (χ3n) is 1.65. The maximum absolute atomic E-state index is 5.16. The summed E-state index contributed by atoms with van der Waals surface area (Å²) in [6, 6.07) is 6.19. The van der Waals surface area contributed by atoms with Gasteiger partial charge in [-0.05, 0) is 11.6 Å². The Bertz CT molecular complexity index is 257. The highest BCUT2D eigenvalue weighted by Gasteiger charge is 2.17. The third kappa shape index (κ3) is 0.721. The minimum Gasteiger partial charge on any atom is -0.496 e. The largest absolute Gasteiger partial charge is 0.496 e. The first-order valence-electron chi connectivity index (χ1n) is 3.20. The third-order valence-corrected chi connectivity index (χ3v) is 2.86. The molecule has 0 amide bonds. The van der Waals surface area contributed by atoms with Gasteiger partial charge in [-0.2, -0.15) is 0 Å². The highest BCUT2D eigenvalue weighted by molar-refractivity contribution is 8.00. The van der Waals surface area contributed by atoms with Crippen LogP contribution in [-0.2, 0) is 5.75 Å². The lowest BCUT2D eigenvalue weighted by Crippen LogP contribution is -1.98. The SMILES string of the molecule is COc1cccc2c1SC2.